The summed E-state index contributed by atoms with van der Waals surface area (Å²) in [6.45, 7) is 8.27. The summed E-state index contributed by atoms with van der Waals surface area (Å²) in [5, 5.41) is 6.92. The fraction of sp³-hybridized carbons (Fsp3) is 0.500. The van der Waals surface area contributed by atoms with Crippen LogP contribution in [0.15, 0.2) is 24.3 Å². The number of ether oxygens (including phenoxy) is 1. The molecule has 0 fully saturated rings. The molecule has 18 heavy (non-hydrogen) atoms. The number of rotatable bonds is 5. The summed E-state index contributed by atoms with van der Waals surface area (Å²) in [7, 11) is 0. The number of nitrogens with one attached hydrogen (secondary N) is 2. The van der Waals surface area contributed by atoms with Gasteiger partial charge < -0.3 is 15.4 Å². The quantitative estimate of drug-likeness (QED) is 0.798. The lowest BCUT2D eigenvalue weighted by Gasteiger charge is -2.15. The van der Waals surface area contributed by atoms with Gasteiger partial charge in [-0.25, -0.2) is 0 Å². The average Bonchev–Trinajstić information content (AvgIpc) is 2.28. The third-order valence-electron chi connectivity index (χ3n) is 2.42. The first-order valence-corrected chi connectivity index (χ1v) is 6.76. The number of anilines is 1. The molecule has 0 bridgehead atoms. The van der Waals surface area contributed by atoms with E-state index in [1.807, 2.05) is 24.3 Å². The Labute approximate surface area is 115 Å². The van der Waals surface area contributed by atoms with Gasteiger partial charge in [-0.15, -0.1) is 0 Å². The Morgan fingerprint density at radius 3 is 2.67 bits per heavy atom. The molecule has 0 amide bonds. The number of benzene rings is 1. The smallest absolute Gasteiger partial charge is 0.170 e. The van der Waals surface area contributed by atoms with E-state index in [9.17, 15) is 0 Å². The zero-order chi connectivity index (χ0) is 13.5. The molecular weight excluding hydrogens is 244 g/mol. The lowest BCUT2D eigenvalue weighted by Crippen LogP contribution is -2.33. The van der Waals surface area contributed by atoms with E-state index in [4.69, 9.17) is 17.0 Å². The highest BCUT2D eigenvalue weighted by Crippen LogP contribution is 2.19. The molecule has 0 radical (unpaired) electrons. The van der Waals surface area contributed by atoms with Crippen LogP contribution in [0.5, 0.6) is 5.75 Å². The fourth-order valence-corrected chi connectivity index (χ4v) is 1.75. The first-order chi connectivity index (χ1) is 8.51. The van der Waals surface area contributed by atoms with Crippen LogP contribution in [0.2, 0.25) is 0 Å². The highest BCUT2D eigenvalue weighted by atomic mass is 32.1. The topological polar surface area (TPSA) is 33.3 Å². The van der Waals surface area contributed by atoms with Gasteiger partial charge in [-0.05, 0) is 51.5 Å². The summed E-state index contributed by atoms with van der Waals surface area (Å²) >= 11 is 5.20. The van der Waals surface area contributed by atoms with Crippen molar-refractivity contribution in [2.75, 3.05) is 5.32 Å². The predicted molar refractivity (Wildman–Crippen MR) is 81.3 cm³/mol. The monoisotopic (exact) mass is 266 g/mol. The molecule has 1 rings (SSSR count). The van der Waals surface area contributed by atoms with Crippen LogP contribution in [0.25, 0.3) is 0 Å². The van der Waals surface area contributed by atoms with Gasteiger partial charge in [0, 0.05) is 17.8 Å². The molecule has 1 unspecified atom stereocenters. The molecule has 0 aliphatic heterocycles. The van der Waals surface area contributed by atoms with Crippen LogP contribution in [0.3, 0.4) is 0 Å². The second-order valence-corrected chi connectivity index (χ2v) is 5.03. The molecule has 1 atom stereocenters. The van der Waals surface area contributed by atoms with Crippen molar-refractivity contribution in [1.82, 2.24) is 5.32 Å². The van der Waals surface area contributed by atoms with Gasteiger partial charge in [-0.3, -0.25) is 0 Å². The van der Waals surface area contributed by atoms with Crippen molar-refractivity contribution in [3.05, 3.63) is 24.3 Å². The molecule has 0 heterocycles. The molecule has 100 valence electrons. The normalized spacial score (nSPS) is 12.1. The second kappa shape index (κ2) is 7.21. The largest absolute Gasteiger partial charge is 0.491 e. The van der Waals surface area contributed by atoms with Crippen molar-refractivity contribution in [2.45, 2.75) is 46.3 Å². The third-order valence-corrected chi connectivity index (χ3v) is 2.64. The van der Waals surface area contributed by atoms with Crippen LogP contribution in [-0.2, 0) is 0 Å². The molecule has 0 saturated carbocycles. The second-order valence-electron chi connectivity index (χ2n) is 4.62. The van der Waals surface area contributed by atoms with E-state index in [-0.39, 0.29) is 6.10 Å². The van der Waals surface area contributed by atoms with E-state index >= 15 is 0 Å². The molecule has 3 nitrogen and oxygen atoms in total. The molecule has 2 N–H and O–H groups in total. The molecule has 4 heteroatoms. The Morgan fingerprint density at radius 1 is 1.33 bits per heavy atom. The zero-order valence-electron chi connectivity index (χ0n) is 11.5. The lowest BCUT2D eigenvalue weighted by atomic mass is 10.3. The SMILES string of the molecule is CCC(C)Oc1cccc(NC(=S)NC(C)C)c1. The minimum Gasteiger partial charge on any atom is -0.491 e. The maximum atomic E-state index is 5.76. The molecule has 0 aliphatic rings. The molecule has 0 aliphatic carbocycles. The van der Waals surface area contributed by atoms with Crippen LogP contribution >= 0.6 is 12.2 Å². The summed E-state index contributed by atoms with van der Waals surface area (Å²) in [4.78, 5) is 0. The molecule has 1 aromatic rings. The van der Waals surface area contributed by atoms with Crippen molar-refractivity contribution < 1.29 is 4.74 Å². The summed E-state index contributed by atoms with van der Waals surface area (Å²) in [6, 6.07) is 8.16. The number of thiocarbonyl (C=S) groups is 1. The van der Waals surface area contributed by atoms with Crippen molar-refractivity contribution in [2.24, 2.45) is 0 Å². The van der Waals surface area contributed by atoms with Gasteiger partial charge in [0.15, 0.2) is 5.11 Å². The Hall–Kier alpha value is -1.29. The summed E-state index contributed by atoms with van der Waals surface area (Å²) in [5.74, 6) is 0.863. The third kappa shape index (κ3) is 5.36. The van der Waals surface area contributed by atoms with E-state index in [1.165, 1.54) is 0 Å². The molecule has 0 aromatic heterocycles. The molecule has 0 saturated heterocycles. The standard InChI is InChI=1S/C14H22N2OS/c1-5-11(4)17-13-8-6-7-12(9-13)16-14(18)15-10(2)3/h6-11H,5H2,1-4H3,(H2,15,16,18). The Morgan fingerprint density at radius 2 is 2.06 bits per heavy atom. The van der Waals surface area contributed by atoms with Crippen LogP contribution in [0.1, 0.15) is 34.1 Å². The van der Waals surface area contributed by atoms with E-state index in [0.29, 0.717) is 11.2 Å². The van der Waals surface area contributed by atoms with Crippen molar-refractivity contribution >= 4 is 23.0 Å². The Balaban J connectivity index is 2.61. The van der Waals surface area contributed by atoms with E-state index in [2.05, 4.69) is 38.3 Å². The van der Waals surface area contributed by atoms with Gasteiger partial charge in [0.2, 0.25) is 0 Å². The minimum absolute atomic E-state index is 0.223. The van der Waals surface area contributed by atoms with Crippen LogP contribution < -0.4 is 15.4 Å². The first-order valence-electron chi connectivity index (χ1n) is 6.35. The summed E-state index contributed by atoms with van der Waals surface area (Å²) < 4.78 is 5.76. The fourth-order valence-electron chi connectivity index (χ4n) is 1.39. The van der Waals surface area contributed by atoms with Crippen LogP contribution in [0, 0.1) is 0 Å². The van der Waals surface area contributed by atoms with E-state index in [0.717, 1.165) is 17.9 Å². The number of hydrogen-bond acceptors (Lipinski definition) is 2. The van der Waals surface area contributed by atoms with Gasteiger partial charge in [0.05, 0.1) is 6.10 Å². The van der Waals surface area contributed by atoms with Crippen molar-refractivity contribution in [3.63, 3.8) is 0 Å². The molecule has 0 spiro atoms. The zero-order valence-corrected chi connectivity index (χ0v) is 12.3. The van der Waals surface area contributed by atoms with E-state index < -0.39 is 0 Å². The minimum atomic E-state index is 0.223. The Kier molecular flexibility index (Phi) is 5.92. The van der Waals surface area contributed by atoms with Crippen molar-refractivity contribution in [1.29, 1.82) is 0 Å². The van der Waals surface area contributed by atoms with Crippen LogP contribution in [0.4, 0.5) is 5.69 Å². The highest BCUT2D eigenvalue weighted by Gasteiger charge is 2.03. The first kappa shape index (κ1) is 14.8. The Bertz CT molecular complexity index is 393. The number of hydrogen-bond donors (Lipinski definition) is 2. The van der Waals surface area contributed by atoms with Gasteiger partial charge in [-0.1, -0.05) is 13.0 Å². The van der Waals surface area contributed by atoms with E-state index in [1.54, 1.807) is 0 Å². The predicted octanol–water partition coefficient (Wildman–Crippen LogP) is 3.56. The van der Waals surface area contributed by atoms with Crippen LogP contribution in [-0.4, -0.2) is 17.3 Å². The van der Waals surface area contributed by atoms with Gasteiger partial charge in [0.25, 0.3) is 0 Å². The van der Waals surface area contributed by atoms with Gasteiger partial charge in [-0.2, -0.15) is 0 Å². The summed E-state index contributed by atoms with van der Waals surface area (Å²) in [6.07, 6.45) is 1.21. The van der Waals surface area contributed by atoms with Crippen molar-refractivity contribution in [3.8, 4) is 5.75 Å². The lowest BCUT2D eigenvalue weighted by molar-refractivity contribution is 0.217. The average molecular weight is 266 g/mol. The molecular formula is C14H22N2OS. The van der Waals surface area contributed by atoms with Gasteiger partial charge in [0.1, 0.15) is 5.75 Å². The van der Waals surface area contributed by atoms with Gasteiger partial charge >= 0.3 is 0 Å². The summed E-state index contributed by atoms with van der Waals surface area (Å²) in [5.41, 5.74) is 0.939. The molecule has 1 aromatic carbocycles. The maximum absolute atomic E-state index is 5.76. The maximum Gasteiger partial charge on any atom is 0.170 e. The highest BCUT2D eigenvalue weighted by molar-refractivity contribution is 7.80.